The van der Waals surface area contributed by atoms with Crippen LogP contribution in [-0.4, -0.2) is 42.4 Å². The maximum absolute atomic E-state index is 12.6. The normalized spacial score (nSPS) is 21.6. The first-order valence-corrected chi connectivity index (χ1v) is 10.4. The van der Waals surface area contributed by atoms with Crippen LogP contribution in [0.3, 0.4) is 0 Å². The zero-order valence-electron chi connectivity index (χ0n) is 16.7. The van der Waals surface area contributed by atoms with Crippen LogP contribution in [0.4, 0.5) is 5.69 Å². The van der Waals surface area contributed by atoms with Gasteiger partial charge in [-0.2, -0.15) is 0 Å². The fraction of sp³-hybridized carbons (Fsp3) is 0.636. The van der Waals surface area contributed by atoms with Gasteiger partial charge in [0.05, 0.1) is 12.5 Å². The van der Waals surface area contributed by atoms with Crippen molar-refractivity contribution in [2.24, 2.45) is 5.92 Å². The van der Waals surface area contributed by atoms with Crippen molar-refractivity contribution in [3.63, 3.8) is 0 Å². The van der Waals surface area contributed by atoms with Crippen LogP contribution in [-0.2, 0) is 9.59 Å². The topological polar surface area (TPSA) is 61.4 Å². The number of carbonyl (C=O) groups excluding carboxylic acids is 2. The largest absolute Gasteiger partial charge is 0.353 e. The van der Waals surface area contributed by atoms with Crippen molar-refractivity contribution in [1.82, 2.24) is 10.2 Å². The molecule has 0 spiro atoms. The molecule has 1 aliphatic heterocycles. The Hall–Kier alpha value is -1.88. The van der Waals surface area contributed by atoms with Crippen LogP contribution >= 0.6 is 0 Å². The zero-order valence-corrected chi connectivity index (χ0v) is 16.7. The molecular weight excluding hydrogens is 338 g/mol. The molecular formula is C22H33N3O2. The highest BCUT2D eigenvalue weighted by atomic mass is 16.2. The molecule has 1 aromatic rings. The summed E-state index contributed by atoms with van der Waals surface area (Å²) in [5.74, 6) is 0.183. The van der Waals surface area contributed by atoms with Crippen LogP contribution in [0.1, 0.15) is 56.1 Å². The quantitative estimate of drug-likeness (QED) is 0.834. The van der Waals surface area contributed by atoms with Gasteiger partial charge in [0.15, 0.2) is 0 Å². The molecule has 0 radical (unpaired) electrons. The molecule has 2 amide bonds. The van der Waals surface area contributed by atoms with Crippen molar-refractivity contribution in [1.29, 1.82) is 0 Å². The molecule has 2 aliphatic rings. The Bertz CT molecular complexity index is 668. The lowest BCUT2D eigenvalue weighted by Crippen LogP contribution is -2.47. The van der Waals surface area contributed by atoms with Crippen LogP contribution in [0.2, 0.25) is 0 Å². The summed E-state index contributed by atoms with van der Waals surface area (Å²) in [5, 5.41) is 6.23. The van der Waals surface area contributed by atoms with E-state index in [0.29, 0.717) is 19.1 Å². The number of nitrogens with zero attached hydrogens (tertiary/aromatic N) is 1. The minimum absolute atomic E-state index is 0.00779. The fourth-order valence-corrected chi connectivity index (χ4v) is 4.20. The molecule has 2 N–H and O–H groups in total. The highest BCUT2D eigenvalue weighted by molar-refractivity contribution is 5.92. The van der Waals surface area contributed by atoms with E-state index >= 15 is 0 Å². The van der Waals surface area contributed by atoms with Gasteiger partial charge in [-0.1, -0.05) is 25.3 Å². The maximum Gasteiger partial charge on any atom is 0.238 e. The lowest BCUT2D eigenvalue weighted by atomic mass is 9.93. The first kappa shape index (κ1) is 19.9. The van der Waals surface area contributed by atoms with E-state index < -0.39 is 0 Å². The molecule has 1 heterocycles. The average molecular weight is 372 g/mol. The van der Waals surface area contributed by atoms with Gasteiger partial charge in [0.25, 0.3) is 0 Å². The molecule has 5 nitrogen and oxygen atoms in total. The van der Waals surface area contributed by atoms with E-state index in [1.54, 1.807) is 0 Å². The SMILES string of the molecule is Cc1ccc(NC(=O)CN2CCCC(C(=O)NC3CCCCC3)C2)cc1C. The highest BCUT2D eigenvalue weighted by Gasteiger charge is 2.28. The van der Waals surface area contributed by atoms with Crippen LogP contribution in [0.5, 0.6) is 0 Å². The lowest BCUT2D eigenvalue weighted by molar-refractivity contribution is -0.128. The Kier molecular flexibility index (Phi) is 6.89. The van der Waals surface area contributed by atoms with E-state index in [1.807, 2.05) is 25.1 Å². The second kappa shape index (κ2) is 9.36. The van der Waals surface area contributed by atoms with Crippen molar-refractivity contribution in [2.75, 3.05) is 25.0 Å². The number of nitrogens with one attached hydrogen (secondary N) is 2. The molecule has 148 valence electrons. The van der Waals surface area contributed by atoms with Gasteiger partial charge in [0.2, 0.25) is 11.8 Å². The van der Waals surface area contributed by atoms with Crippen LogP contribution in [0.25, 0.3) is 0 Å². The smallest absolute Gasteiger partial charge is 0.238 e. The average Bonchev–Trinajstić information content (AvgIpc) is 2.66. The number of hydrogen-bond acceptors (Lipinski definition) is 3. The Labute approximate surface area is 162 Å². The summed E-state index contributed by atoms with van der Waals surface area (Å²) >= 11 is 0. The van der Waals surface area contributed by atoms with E-state index in [0.717, 1.165) is 37.9 Å². The zero-order chi connectivity index (χ0) is 19.2. The minimum atomic E-state index is -0.00779. The van der Waals surface area contributed by atoms with Crippen LogP contribution in [0, 0.1) is 19.8 Å². The highest BCUT2D eigenvalue weighted by Crippen LogP contribution is 2.21. The van der Waals surface area contributed by atoms with Gasteiger partial charge in [-0.25, -0.2) is 0 Å². The summed E-state index contributed by atoms with van der Waals surface area (Å²) in [7, 11) is 0. The number of amides is 2. The molecule has 2 fully saturated rings. The molecule has 1 aliphatic carbocycles. The Morgan fingerprint density at radius 3 is 2.56 bits per heavy atom. The number of likely N-dealkylation sites (tertiary alicyclic amines) is 1. The van der Waals surface area contributed by atoms with E-state index in [9.17, 15) is 9.59 Å². The van der Waals surface area contributed by atoms with Crippen molar-refractivity contribution in [2.45, 2.75) is 64.8 Å². The third kappa shape index (κ3) is 5.80. The first-order valence-electron chi connectivity index (χ1n) is 10.4. The molecule has 0 aromatic heterocycles. The van der Waals surface area contributed by atoms with Gasteiger partial charge in [-0.15, -0.1) is 0 Å². The Morgan fingerprint density at radius 1 is 1.04 bits per heavy atom. The summed E-state index contributed by atoms with van der Waals surface area (Å²) in [6, 6.07) is 6.33. The van der Waals surface area contributed by atoms with Gasteiger partial charge in [0.1, 0.15) is 0 Å². The van der Waals surface area contributed by atoms with Crippen molar-refractivity contribution < 1.29 is 9.59 Å². The number of rotatable bonds is 5. The van der Waals surface area contributed by atoms with Gasteiger partial charge in [-0.3, -0.25) is 14.5 Å². The monoisotopic (exact) mass is 371 g/mol. The minimum Gasteiger partial charge on any atom is -0.353 e. The van der Waals surface area contributed by atoms with E-state index in [-0.39, 0.29) is 17.7 Å². The molecule has 3 rings (SSSR count). The van der Waals surface area contributed by atoms with Gasteiger partial charge < -0.3 is 10.6 Å². The third-order valence-electron chi connectivity index (χ3n) is 5.99. The number of benzene rings is 1. The maximum atomic E-state index is 12.6. The third-order valence-corrected chi connectivity index (χ3v) is 5.99. The molecule has 1 atom stereocenters. The number of piperidine rings is 1. The molecule has 1 saturated heterocycles. The Balaban J connectivity index is 1.47. The van der Waals surface area contributed by atoms with Crippen molar-refractivity contribution >= 4 is 17.5 Å². The molecule has 5 heteroatoms. The van der Waals surface area contributed by atoms with E-state index in [2.05, 4.69) is 22.5 Å². The van der Waals surface area contributed by atoms with Gasteiger partial charge in [0, 0.05) is 18.3 Å². The van der Waals surface area contributed by atoms with Gasteiger partial charge >= 0.3 is 0 Å². The fourth-order valence-electron chi connectivity index (χ4n) is 4.20. The van der Waals surface area contributed by atoms with E-state index in [4.69, 9.17) is 0 Å². The number of aryl methyl sites for hydroxylation is 2. The van der Waals surface area contributed by atoms with Crippen molar-refractivity contribution in [3.05, 3.63) is 29.3 Å². The van der Waals surface area contributed by atoms with Crippen molar-refractivity contribution in [3.8, 4) is 0 Å². The van der Waals surface area contributed by atoms with Crippen LogP contribution < -0.4 is 10.6 Å². The molecule has 1 saturated carbocycles. The summed E-state index contributed by atoms with van der Waals surface area (Å²) in [5.41, 5.74) is 3.23. The molecule has 0 bridgehead atoms. The summed E-state index contributed by atoms with van der Waals surface area (Å²) in [6.07, 6.45) is 7.86. The standard InChI is InChI=1S/C22H33N3O2/c1-16-10-11-20(13-17(16)2)23-21(26)15-25-12-6-7-18(14-25)22(27)24-19-8-4-3-5-9-19/h10-11,13,18-19H,3-9,12,14-15H2,1-2H3,(H,23,26)(H,24,27). The number of hydrogen-bond donors (Lipinski definition) is 2. The number of anilines is 1. The predicted molar refractivity (Wildman–Crippen MR) is 109 cm³/mol. The molecule has 27 heavy (non-hydrogen) atoms. The molecule has 1 aromatic carbocycles. The van der Waals surface area contributed by atoms with E-state index in [1.165, 1.54) is 30.4 Å². The lowest BCUT2D eigenvalue weighted by Gasteiger charge is -2.33. The summed E-state index contributed by atoms with van der Waals surface area (Å²) in [6.45, 7) is 6.02. The summed E-state index contributed by atoms with van der Waals surface area (Å²) < 4.78 is 0. The second-order valence-corrected chi connectivity index (χ2v) is 8.27. The van der Waals surface area contributed by atoms with Gasteiger partial charge in [-0.05, 0) is 69.3 Å². The van der Waals surface area contributed by atoms with Crippen LogP contribution in [0.15, 0.2) is 18.2 Å². The number of carbonyl (C=O) groups is 2. The summed E-state index contributed by atoms with van der Waals surface area (Å²) in [4.78, 5) is 27.2. The Morgan fingerprint density at radius 2 is 1.81 bits per heavy atom. The predicted octanol–water partition coefficient (Wildman–Crippen LogP) is 3.40. The molecule has 1 unspecified atom stereocenters. The first-order chi connectivity index (χ1) is 13.0. The second-order valence-electron chi connectivity index (χ2n) is 8.27.